The Morgan fingerprint density at radius 1 is 0.718 bits per heavy atom. The first-order valence-corrected chi connectivity index (χ1v) is 12.0. The van der Waals surface area contributed by atoms with Gasteiger partial charge in [-0.3, -0.25) is 4.79 Å². The first kappa shape index (κ1) is 33.1. The Balaban J connectivity index is 0.000000395. The molecule has 0 atom stereocenters. The SMILES string of the molecule is COc1ccc(/C=C/C(=O)O)c(OCCN(C)C)c1OC.COc1ccc(C=O)c(OCCN(C)C)c1OC. The average molecular weight is 549 g/mol. The summed E-state index contributed by atoms with van der Waals surface area (Å²) in [6.07, 6.45) is 3.27. The number of rotatable bonds is 15. The summed E-state index contributed by atoms with van der Waals surface area (Å²) in [5, 5.41) is 8.75. The average Bonchev–Trinajstić information content (AvgIpc) is 2.91. The number of hydrogen-bond donors (Lipinski definition) is 1. The van der Waals surface area contributed by atoms with Gasteiger partial charge in [0.05, 0.1) is 34.0 Å². The zero-order valence-corrected chi connectivity index (χ0v) is 24.0. The van der Waals surface area contributed by atoms with Gasteiger partial charge in [0, 0.05) is 24.7 Å². The fourth-order valence-corrected chi connectivity index (χ4v) is 3.17. The minimum Gasteiger partial charge on any atom is -0.493 e. The first-order valence-electron chi connectivity index (χ1n) is 12.0. The highest BCUT2D eigenvalue weighted by molar-refractivity contribution is 5.86. The predicted octanol–water partition coefficient (Wildman–Crippen LogP) is 3.20. The lowest BCUT2D eigenvalue weighted by molar-refractivity contribution is -0.131. The summed E-state index contributed by atoms with van der Waals surface area (Å²) in [6, 6.07) is 6.77. The molecule has 0 aliphatic heterocycles. The minimum atomic E-state index is -1.02. The highest BCUT2D eigenvalue weighted by atomic mass is 16.5. The molecule has 0 spiro atoms. The van der Waals surface area contributed by atoms with Gasteiger partial charge in [-0.1, -0.05) is 0 Å². The number of ether oxygens (including phenoxy) is 6. The Kier molecular flexibility index (Phi) is 14.9. The van der Waals surface area contributed by atoms with Gasteiger partial charge in [0.2, 0.25) is 11.5 Å². The Labute approximate surface area is 230 Å². The Bertz CT molecular complexity index is 1090. The van der Waals surface area contributed by atoms with E-state index in [1.165, 1.54) is 27.4 Å². The van der Waals surface area contributed by atoms with E-state index in [1.54, 1.807) is 31.4 Å². The molecule has 1 N–H and O–H groups in total. The van der Waals surface area contributed by atoms with Crippen molar-refractivity contribution in [1.29, 1.82) is 0 Å². The van der Waals surface area contributed by atoms with Crippen LogP contribution < -0.4 is 28.4 Å². The number of carbonyl (C=O) groups is 2. The van der Waals surface area contributed by atoms with Crippen LogP contribution in [0.25, 0.3) is 6.08 Å². The third kappa shape index (κ3) is 10.7. The molecule has 0 radical (unpaired) electrons. The van der Waals surface area contributed by atoms with Crippen molar-refractivity contribution in [3.8, 4) is 34.5 Å². The maximum absolute atomic E-state index is 11.0. The largest absolute Gasteiger partial charge is 0.493 e. The summed E-state index contributed by atoms with van der Waals surface area (Å²) in [5.41, 5.74) is 1.07. The fraction of sp³-hybridized carbons (Fsp3) is 0.429. The summed E-state index contributed by atoms with van der Waals surface area (Å²) in [7, 11) is 13.9. The molecule has 0 fully saturated rings. The maximum atomic E-state index is 11.0. The molecule has 2 aromatic rings. The van der Waals surface area contributed by atoms with Crippen molar-refractivity contribution in [2.24, 2.45) is 0 Å². The van der Waals surface area contributed by atoms with Crippen molar-refractivity contribution in [3.63, 3.8) is 0 Å². The number of likely N-dealkylation sites (N-methyl/N-ethyl adjacent to an activating group) is 2. The maximum Gasteiger partial charge on any atom is 0.328 e. The molecule has 0 heterocycles. The number of nitrogens with zero attached hydrogens (tertiary/aromatic N) is 2. The predicted molar refractivity (Wildman–Crippen MR) is 149 cm³/mol. The molecule has 0 aliphatic carbocycles. The number of hydrogen-bond acceptors (Lipinski definition) is 10. The van der Waals surface area contributed by atoms with Crippen LogP contribution in [-0.4, -0.2) is 110 Å². The van der Waals surface area contributed by atoms with Crippen LogP contribution in [0.1, 0.15) is 15.9 Å². The Morgan fingerprint density at radius 2 is 1.15 bits per heavy atom. The van der Waals surface area contributed by atoms with E-state index in [9.17, 15) is 9.59 Å². The lowest BCUT2D eigenvalue weighted by Gasteiger charge is -2.17. The highest BCUT2D eigenvalue weighted by Crippen LogP contribution is 2.41. The number of benzene rings is 2. The number of aliphatic carboxylic acids is 1. The minimum absolute atomic E-state index is 0.425. The molecule has 11 heteroatoms. The third-order valence-corrected chi connectivity index (χ3v) is 5.16. The summed E-state index contributed by atoms with van der Waals surface area (Å²) in [5.74, 6) is 1.84. The molecule has 0 saturated carbocycles. The normalized spacial score (nSPS) is 10.6. The van der Waals surface area contributed by atoms with Gasteiger partial charge >= 0.3 is 5.97 Å². The van der Waals surface area contributed by atoms with Crippen LogP contribution in [0.5, 0.6) is 34.5 Å². The lowest BCUT2D eigenvalue weighted by atomic mass is 10.1. The number of methoxy groups -OCH3 is 4. The van der Waals surface area contributed by atoms with Crippen molar-refractivity contribution in [1.82, 2.24) is 9.80 Å². The van der Waals surface area contributed by atoms with E-state index in [2.05, 4.69) is 0 Å². The van der Waals surface area contributed by atoms with Gasteiger partial charge in [0.15, 0.2) is 29.3 Å². The van der Waals surface area contributed by atoms with Gasteiger partial charge in [0.25, 0.3) is 0 Å². The molecule has 0 aromatic heterocycles. The molecular formula is C28H40N2O9. The molecule has 0 saturated heterocycles. The number of carboxylic acids is 1. The first-order chi connectivity index (χ1) is 18.6. The fourth-order valence-electron chi connectivity index (χ4n) is 3.17. The molecule has 39 heavy (non-hydrogen) atoms. The summed E-state index contributed by atoms with van der Waals surface area (Å²) >= 11 is 0. The van der Waals surface area contributed by atoms with Crippen molar-refractivity contribution in [2.75, 3.05) is 82.9 Å². The Hall–Kier alpha value is -3.96. The van der Waals surface area contributed by atoms with Crippen molar-refractivity contribution in [2.45, 2.75) is 0 Å². The van der Waals surface area contributed by atoms with E-state index < -0.39 is 5.97 Å². The molecule has 216 valence electrons. The Morgan fingerprint density at radius 3 is 1.51 bits per heavy atom. The number of aldehydes is 1. The summed E-state index contributed by atoms with van der Waals surface area (Å²) in [4.78, 5) is 25.7. The van der Waals surface area contributed by atoms with Gasteiger partial charge in [-0.2, -0.15) is 0 Å². The standard InChI is InChI=1S/C15H21NO5.C13H19NO4/c1-16(2)9-10-21-14-11(6-8-13(17)18)5-7-12(19-3)15(14)20-4;1-14(2)7-8-18-12-10(9-15)5-6-11(16-3)13(12)17-4/h5-8H,9-10H2,1-4H3,(H,17,18);5-6,9H,7-8H2,1-4H3/b8-6+;. The van der Waals surface area contributed by atoms with Crippen molar-refractivity contribution < 1.29 is 43.1 Å². The van der Waals surface area contributed by atoms with E-state index in [0.29, 0.717) is 58.8 Å². The highest BCUT2D eigenvalue weighted by Gasteiger charge is 2.17. The van der Waals surface area contributed by atoms with Crippen molar-refractivity contribution >= 4 is 18.3 Å². The summed E-state index contributed by atoms with van der Waals surface area (Å²) in [6.45, 7) is 2.39. The molecule has 2 aromatic carbocycles. The lowest BCUT2D eigenvalue weighted by Crippen LogP contribution is -2.20. The topological polar surface area (TPSA) is 116 Å². The van der Waals surface area contributed by atoms with Gasteiger partial charge in [0.1, 0.15) is 13.2 Å². The number of carbonyl (C=O) groups excluding carboxylic acids is 1. The van der Waals surface area contributed by atoms with Crippen LogP contribution in [0, 0.1) is 0 Å². The molecule has 0 amide bonds. The molecular weight excluding hydrogens is 508 g/mol. The summed E-state index contributed by atoms with van der Waals surface area (Å²) < 4.78 is 32.4. The van der Waals surface area contributed by atoms with Gasteiger partial charge in [-0.05, 0) is 58.5 Å². The van der Waals surface area contributed by atoms with Crippen molar-refractivity contribution in [3.05, 3.63) is 41.5 Å². The molecule has 0 unspecified atom stereocenters. The van der Waals surface area contributed by atoms with E-state index in [4.69, 9.17) is 33.5 Å². The van der Waals surface area contributed by atoms with Crippen LogP contribution in [0.3, 0.4) is 0 Å². The van der Waals surface area contributed by atoms with Crippen LogP contribution in [-0.2, 0) is 4.79 Å². The monoisotopic (exact) mass is 548 g/mol. The molecule has 2 rings (SSSR count). The molecule has 0 aliphatic rings. The van der Waals surface area contributed by atoms with Crippen LogP contribution in [0.15, 0.2) is 30.3 Å². The van der Waals surface area contributed by atoms with E-state index >= 15 is 0 Å². The third-order valence-electron chi connectivity index (χ3n) is 5.16. The second kappa shape index (κ2) is 17.5. The zero-order valence-electron chi connectivity index (χ0n) is 24.0. The van der Waals surface area contributed by atoms with Crippen LogP contribution in [0.2, 0.25) is 0 Å². The van der Waals surface area contributed by atoms with Crippen LogP contribution in [0.4, 0.5) is 0 Å². The number of carboxylic acid groups (broad SMARTS) is 1. The zero-order chi connectivity index (χ0) is 29.4. The smallest absolute Gasteiger partial charge is 0.328 e. The quantitative estimate of drug-likeness (QED) is 0.261. The van der Waals surface area contributed by atoms with E-state index in [1.807, 2.05) is 38.0 Å². The second-order valence-electron chi connectivity index (χ2n) is 8.53. The van der Waals surface area contributed by atoms with Gasteiger partial charge in [-0.25, -0.2) is 4.79 Å². The second-order valence-corrected chi connectivity index (χ2v) is 8.53. The van der Waals surface area contributed by atoms with E-state index in [-0.39, 0.29) is 0 Å². The molecule has 11 nitrogen and oxygen atoms in total. The van der Waals surface area contributed by atoms with E-state index in [0.717, 1.165) is 25.5 Å². The van der Waals surface area contributed by atoms with Crippen LogP contribution >= 0.6 is 0 Å². The van der Waals surface area contributed by atoms with Gasteiger partial charge in [-0.15, -0.1) is 0 Å². The van der Waals surface area contributed by atoms with Gasteiger partial charge < -0.3 is 43.3 Å². The molecule has 0 bridgehead atoms.